The number of rotatable bonds is 9. The second kappa shape index (κ2) is 12.2. The Morgan fingerprint density at radius 3 is 2.32 bits per heavy atom. The number of hydrogen-bond donors (Lipinski definition) is 1. The third-order valence-corrected chi connectivity index (χ3v) is 7.84. The Bertz CT molecular complexity index is 1240. The highest BCUT2D eigenvalue weighted by Gasteiger charge is 2.34. The first-order valence-electron chi connectivity index (χ1n) is 12.6. The van der Waals surface area contributed by atoms with Crippen LogP contribution >= 0.6 is 0 Å². The molecule has 0 bridgehead atoms. The summed E-state index contributed by atoms with van der Waals surface area (Å²) in [4.78, 5) is 28.0. The molecule has 2 aromatic carbocycles. The zero-order valence-electron chi connectivity index (χ0n) is 21.8. The molecule has 0 aliphatic heterocycles. The lowest BCUT2D eigenvalue weighted by atomic mass is 9.95. The minimum absolute atomic E-state index is 0.00671. The lowest BCUT2D eigenvalue weighted by molar-refractivity contribution is -0.139. The molecule has 3 rings (SSSR count). The van der Waals surface area contributed by atoms with Crippen LogP contribution in [-0.4, -0.2) is 50.0 Å². The lowest BCUT2D eigenvalue weighted by Crippen LogP contribution is -2.53. The van der Waals surface area contributed by atoms with Crippen LogP contribution in [0, 0.1) is 6.92 Å². The number of benzene rings is 2. The van der Waals surface area contributed by atoms with Crippen LogP contribution in [0.15, 0.2) is 48.5 Å². The molecule has 11 heteroatoms. The molecular weight excluding hydrogens is 519 g/mol. The minimum Gasteiger partial charge on any atom is -0.352 e. The van der Waals surface area contributed by atoms with Crippen molar-refractivity contribution >= 4 is 27.5 Å². The molecule has 1 N–H and O–H groups in total. The summed E-state index contributed by atoms with van der Waals surface area (Å²) in [7, 11) is -4.14. The van der Waals surface area contributed by atoms with E-state index in [1.165, 1.54) is 11.0 Å². The van der Waals surface area contributed by atoms with Gasteiger partial charge in [0.1, 0.15) is 12.6 Å². The predicted octanol–water partition coefficient (Wildman–Crippen LogP) is 4.65. The number of hydrogen-bond acceptors (Lipinski definition) is 4. The van der Waals surface area contributed by atoms with Gasteiger partial charge in [0.15, 0.2) is 0 Å². The van der Waals surface area contributed by atoms with Crippen molar-refractivity contribution in [2.24, 2.45) is 0 Å². The molecule has 7 nitrogen and oxygen atoms in total. The molecule has 1 atom stereocenters. The molecule has 0 aromatic heterocycles. The molecule has 2 aromatic rings. The van der Waals surface area contributed by atoms with E-state index >= 15 is 0 Å². The second-order valence-corrected chi connectivity index (χ2v) is 11.8. The van der Waals surface area contributed by atoms with Gasteiger partial charge in [0.05, 0.1) is 17.5 Å². The molecule has 0 saturated heterocycles. The highest BCUT2D eigenvalue weighted by molar-refractivity contribution is 7.92. The van der Waals surface area contributed by atoms with Gasteiger partial charge in [-0.1, -0.05) is 55.2 Å². The first kappa shape index (κ1) is 29.5. The molecule has 2 amide bonds. The van der Waals surface area contributed by atoms with Crippen molar-refractivity contribution in [1.82, 2.24) is 10.2 Å². The van der Waals surface area contributed by atoms with Gasteiger partial charge in [-0.05, 0) is 50.5 Å². The van der Waals surface area contributed by atoms with E-state index in [2.05, 4.69) is 5.32 Å². The number of nitrogens with one attached hydrogen (secondary N) is 1. The van der Waals surface area contributed by atoms with E-state index in [4.69, 9.17) is 0 Å². The Morgan fingerprint density at radius 1 is 1.05 bits per heavy atom. The first-order chi connectivity index (χ1) is 17.8. The molecule has 38 heavy (non-hydrogen) atoms. The van der Waals surface area contributed by atoms with Crippen LogP contribution in [0.25, 0.3) is 0 Å². The first-order valence-corrected chi connectivity index (χ1v) is 14.4. The molecule has 1 aliphatic carbocycles. The lowest BCUT2D eigenvalue weighted by Gasteiger charge is -2.33. The Hall–Kier alpha value is -3.08. The number of halogens is 3. The summed E-state index contributed by atoms with van der Waals surface area (Å²) < 4.78 is 65.7. The summed E-state index contributed by atoms with van der Waals surface area (Å²) >= 11 is 0. The van der Waals surface area contributed by atoms with E-state index in [0.29, 0.717) is 10.4 Å². The Labute approximate surface area is 222 Å². The number of alkyl halides is 3. The second-order valence-electron chi connectivity index (χ2n) is 9.85. The van der Waals surface area contributed by atoms with Crippen LogP contribution in [0.2, 0.25) is 0 Å². The van der Waals surface area contributed by atoms with Crippen LogP contribution in [0.1, 0.15) is 55.7 Å². The van der Waals surface area contributed by atoms with Gasteiger partial charge in [-0.25, -0.2) is 8.42 Å². The van der Waals surface area contributed by atoms with Gasteiger partial charge in [-0.3, -0.25) is 13.9 Å². The molecule has 1 aliphatic rings. The van der Waals surface area contributed by atoms with E-state index in [1.807, 2.05) is 25.1 Å². The number of aryl methyl sites for hydroxylation is 1. The number of sulfonamides is 1. The predicted molar refractivity (Wildman–Crippen MR) is 140 cm³/mol. The van der Waals surface area contributed by atoms with E-state index in [0.717, 1.165) is 61.6 Å². The maximum atomic E-state index is 13.6. The molecule has 0 unspecified atom stereocenters. The zero-order chi connectivity index (χ0) is 28.1. The molecule has 0 spiro atoms. The van der Waals surface area contributed by atoms with Crippen LogP contribution in [0.5, 0.6) is 0 Å². The van der Waals surface area contributed by atoms with E-state index in [-0.39, 0.29) is 24.2 Å². The van der Waals surface area contributed by atoms with Crippen molar-refractivity contribution in [2.75, 3.05) is 17.1 Å². The average Bonchev–Trinajstić information content (AvgIpc) is 2.85. The number of anilines is 1. The largest absolute Gasteiger partial charge is 0.416 e. The monoisotopic (exact) mass is 553 g/mol. The van der Waals surface area contributed by atoms with Crippen molar-refractivity contribution in [3.8, 4) is 0 Å². The van der Waals surface area contributed by atoms with E-state index < -0.39 is 40.3 Å². The van der Waals surface area contributed by atoms with Crippen molar-refractivity contribution in [3.63, 3.8) is 0 Å². The Balaban J connectivity index is 1.91. The third kappa shape index (κ3) is 7.96. The molecular formula is C27H34F3N3O4S. The SMILES string of the molecule is Cc1cccc(CN(C(=O)CN(c2cccc(C(F)(F)F)c2)S(C)(=O)=O)[C@@H](C)C(=O)NC2CCCCC2)c1. The fourth-order valence-corrected chi connectivity index (χ4v) is 5.45. The van der Waals surface area contributed by atoms with E-state index in [9.17, 15) is 31.2 Å². The number of amides is 2. The Kier molecular flexibility index (Phi) is 9.45. The highest BCUT2D eigenvalue weighted by atomic mass is 32.2. The van der Waals surface area contributed by atoms with Crippen LogP contribution in [0.4, 0.5) is 18.9 Å². The quantitative estimate of drug-likeness (QED) is 0.490. The molecule has 0 radical (unpaired) electrons. The normalized spacial score (nSPS) is 15.5. The van der Waals surface area contributed by atoms with Crippen molar-refractivity contribution in [1.29, 1.82) is 0 Å². The number of nitrogens with zero attached hydrogens (tertiary/aromatic N) is 2. The van der Waals surface area contributed by atoms with Crippen LogP contribution < -0.4 is 9.62 Å². The molecule has 0 heterocycles. The fourth-order valence-electron chi connectivity index (χ4n) is 4.61. The smallest absolute Gasteiger partial charge is 0.352 e. The van der Waals surface area contributed by atoms with Crippen LogP contribution in [0.3, 0.4) is 0 Å². The summed E-state index contributed by atoms with van der Waals surface area (Å²) in [6.45, 7) is 2.72. The van der Waals surface area contributed by atoms with Crippen molar-refractivity contribution in [3.05, 3.63) is 65.2 Å². The van der Waals surface area contributed by atoms with Gasteiger partial charge in [0.25, 0.3) is 0 Å². The average molecular weight is 554 g/mol. The molecule has 1 saturated carbocycles. The summed E-state index contributed by atoms with van der Waals surface area (Å²) in [5.74, 6) is -1.07. The van der Waals surface area contributed by atoms with Gasteiger partial charge in [-0.15, -0.1) is 0 Å². The van der Waals surface area contributed by atoms with E-state index in [1.54, 1.807) is 13.0 Å². The molecule has 208 valence electrons. The summed E-state index contributed by atoms with van der Waals surface area (Å²) in [6, 6.07) is 10.2. The maximum absolute atomic E-state index is 13.6. The minimum atomic E-state index is -4.69. The van der Waals surface area contributed by atoms with Gasteiger partial charge < -0.3 is 10.2 Å². The van der Waals surface area contributed by atoms with Gasteiger partial charge >= 0.3 is 6.18 Å². The maximum Gasteiger partial charge on any atom is 0.416 e. The van der Waals surface area contributed by atoms with Gasteiger partial charge in [0.2, 0.25) is 21.8 Å². The van der Waals surface area contributed by atoms with Gasteiger partial charge in [-0.2, -0.15) is 13.2 Å². The van der Waals surface area contributed by atoms with Crippen molar-refractivity contribution < 1.29 is 31.2 Å². The van der Waals surface area contributed by atoms with Gasteiger partial charge in [0, 0.05) is 12.6 Å². The standard InChI is InChI=1S/C27H34F3N3O4S/c1-19-9-7-10-21(15-19)17-32(20(2)26(35)31-23-12-5-4-6-13-23)25(34)18-33(38(3,36)37)24-14-8-11-22(16-24)27(28,29)30/h7-11,14-16,20,23H,4-6,12-13,17-18H2,1-3H3,(H,31,35)/t20-/m0/s1. The number of carbonyl (C=O) groups is 2. The van der Waals surface area contributed by atoms with Crippen molar-refractivity contribution in [2.45, 2.75) is 70.8 Å². The molecule has 1 fully saturated rings. The zero-order valence-corrected chi connectivity index (χ0v) is 22.6. The van der Waals surface area contributed by atoms with Crippen LogP contribution in [-0.2, 0) is 32.3 Å². The topological polar surface area (TPSA) is 86.8 Å². The number of carbonyl (C=O) groups excluding carboxylic acids is 2. The Morgan fingerprint density at radius 2 is 1.71 bits per heavy atom. The summed E-state index contributed by atoms with van der Waals surface area (Å²) in [5.41, 5.74) is 0.356. The summed E-state index contributed by atoms with van der Waals surface area (Å²) in [5, 5.41) is 3.00. The third-order valence-electron chi connectivity index (χ3n) is 6.69. The summed E-state index contributed by atoms with van der Waals surface area (Å²) in [6.07, 6.45) is 0.952. The fraction of sp³-hybridized carbons (Fsp3) is 0.481. The highest BCUT2D eigenvalue weighted by Crippen LogP contribution is 2.32.